The number of carbonyl (C=O) groups excluding carboxylic acids is 1. The Morgan fingerprint density at radius 3 is 2.74 bits per heavy atom. The third-order valence-corrected chi connectivity index (χ3v) is 5.24. The maximum absolute atomic E-state index is 14.7. The van der Waals surface area contributed by atoms with Crippen LogP contribution in [0.25, 0.3) is 5.57 Å². The van der Waals surface area contributed by atoms with Crippen molar-refractivity contribution < 1.29 is 18.1 Å². The van der Waals surface area contributed by atoms with Crippen molar-refractivity contribution in [2.45, 2.75) is 33.4 Å². The predicted molar refractivity (Wildman–Crippen MR) is 117 cm³/mol. The number of amides is 1. The summed E-state index contributed by atoms with van der Waals surface area (Å²) in [7, 11) is 0. The van der Waals surface area contributed by atoms with E-state index in [4.69, 9.17) is 16.1 Å². The summed E-state index contributed by atoms with van der Waals surface area (Å²) in [5.74, 6) is -1.40. The third kappa shape index (κ3) is 5.39. The molecule has 7 heteroatoms. The smallest absolute Gasteiger partial charge is 0.273 e. The second kappa shape index (κ2) is 9.88. The standard InChI is InChI=1S/C24H23ClF2N2O2/c1-4-16(18-12-17(25)7-6-15(18)3)9-10-28-24(30)21-13-22(31-29-21)23(27)19-11-14(2)5-8-20(19)26/h4-8,11-13,23H,9-10H2,1-3H3,(H,28,30)/b16-4-. The number of alkyl halides is 1. The highest BCUT2D eigenvalue weighted by atomic mass is 35.5. The van der Waals surface area contributed by atoms with E-state index in [1.807, 2.05) is 38.1 Å². The van der Waals surface area contributed by atoms with Crippen LogP contribution in [0.5, 0.6) is 0 Å². The number of hydrogen-bond acceptors (Lipinski definition) is 3. The average Bonchev–Trinajstić information content (AvgIpc) is 3.25. The summed E-state index contributed by atoms with van der Waals surface area (Å²) in [5, 5.41) is 7.03. The molecular formula is C24H23ClF2N2O2. The van der Waals surface area contributed by atoms with E-state index < -0.39 is 17.9 Å². The Morgan fingerprint density at radius 1 is 1.23 bits per heavy atom. The largest absolute Gasteiger partial charge is 0.357 e. The van der Waals surface area contributed by atoms with Crippen molar-refractivity contribution in [2.75, 3.05) is 6.54 Å². The van der Waals surface area contributed by atoms with Crippen LogP contribution in [0.4, 0.5) is 8.78 Å². The van der Waals surface area contributed by atoms with E-state index in [0.717, 1.165) is 16.7 Å². The van der Waals surface area contributed by atoms with Gasteiger partial charge >= 0.3 is 0 Å². The number of benzene rings is 2. The molecule has 0 fully saturated rings. The highest BCUT2D eigenvalue weighted by Gasteiger charge is 2.23. The Labute approximate surface area is 184 Å². The zero-order valence-electron chi connectivity index (χ0n) is 17.5. The first-order valence-corrected chi connectivity index (χ1v) is 10.2. The Morgan fingerprint density at radius 2 is 2.00 bits per heavy atom. The van der Waals surface area contributed by atoms with Crippen molar-refractivity contribution in [2.24, 2.45) is 0 Å². The molecule has 1 unspecified atom stereocenters. The molecule has 3 rings (SSSR count). The molecule has 1 atom stereocenters. The minimum atomic E-state index is -1.85. The molecule has 0 saturated heterocycles. The molecule has 1 N–H and O–H groups in total. The van der Waals surface area contributed by atoms with Crippen LogP contribution in [0.3, 0.4) is 0 Å². The molecule has 4 nitrogen and oxygen atoms in total. The number of aryl methyl sites for hydroxylation is 2. The first-order chi connectivity index (χ1) is 14.8. The highest BCUT2D eigenvalue weighted by Crippen LogP contribution is 2.29. The van der Waals surface area contributed by atoms with E-state index in [9.17, 15) is 13.6 Å². The van der Waals surface area contributed by atoms with Crippen LogP contribution in [0.1, 0.15) is 58.0 Å². The number of carbonyl (C=O) groups is 1. The van der Waals surface area contributed by atoms with Gasteiger partial charge in [-0.15, -0.1) is 0 Å². The van der Waals surface area contributed by atoms with Crippen molar-refractivity contribution in [3.05, 3.63) is 93.1 Å². The first kappa shape index (κ1) is 22.7. The van der Waals surface area contributed by atoms with Gasteiger partial charge in [-0.05, 0) is 68.2 Å². The molecule has 1 heterocycles. The molecule has 0 aliphatic heterocycles. The molecule has 2 aromatic carbocycles. The van der Waals surface area contributed by atoms with Gasteiger partial charge in [-0.25, -0.2) is 8.78 Å². The van der Waals surface area contributed by atoms with Crippen LogP contribution in [-0.2, 0) is 0 Å². The predicted octanol–water partition coefficient (Wildman–Crippen LogP) is 6.37. The van der Waals surface area contributed by atoms with E-state index in [1.54, 1.807) is 13.0 Å². The lowest BCUT2D eigenvalue weighted by Crippen LogP contribution is -2.25. The van der Waals surface area contributed by atoms with E-state index in [1.165, 1.54) is 18.2 Å². The molecule has 31 heavy (non-hydrogen) atoms. The second-order valence-electron chi connectivity index (χ2n) is 7.28. The van der Waals surface area contributed by atoms with Crippen molar-refractivity contribution in [3.8, 4) is 0 Å². The molecule has 0 aliphatic rings. The fourth-order valence-electron chi connectivity index (χ4n) is 3.30. The molecule has 0 aliphatic carbocycles. The van der Waals surface area contributed by atoms with Gasteiger partial charge in [0.1, 0.15) is 5.82 Å². The Hall–Kier alpha value is -2.99. The molecule has 3 aromatic rings. The monoisotopic (exact) mass is 444 g/mol. The summed E-state index contributed by atoms with van der Waals surface area (Å²) >= 11 is 6.10. The van der Waals surface area contributed by atoms with Crippen LogP contribution in [0, 0.1) is 19.7 Å². The number of aromatic nitrogens is 1. The summed E-state index contributed by atoms with van der Waals surface area (Å²) < 4.78 is 33.6. The Kier molecular flexibility index (Phi) is 7.23. The van der Waals surface area contributed by atoms with Crippen LogP contribution >= 0.6 is 11.6 Å². The van der Waals surface area contributed by atoms with Gasteiger partial charge in [-0.1, -0.05) is 40.5 Å². The van der Waals surface area contributed by atoms with Gasteiger partial charge in [-0.3, -0.25) is 4.79 Å². The van der Waals surface area contributed by atoms with E-state index in [-0.39, 0.29) is 17.0 Å². The van der Waals surface area contributed by atoms with Gasteiger partial charge in [0.05, 0.1) is 0 Å². The third-order valence-electron chi connectivity index (χ3n) is 5.01. The van der Waals surface area contributed by atoms with Gasteiger partial charge in [0.25, 0.3) is 5.91 Å². The molecule has 1 amide bonds. The molecule has 162 valence electrons. The van der Waals surface area contributed by atoms with E-state index in [0.29, 0.717) is 23.6 Å². The topological polar surface area (TPSA) is 55.1 Å². The van der Waals surface area contributed by atoms with Gasteiger partial charge in [0, 0.05) is 23.2 Å². The molecule has 1 aromatic heterocycles. The lowest BCUT2D eigenvalue weighted by atomic mass is 9.98. The zero-order chi connectivity index (χ0) is 22.5. The van der Waals surface area contributed by atoms with Crippen LogP contribution in [0.15, 0.2) is 53.1 Å². The van der Waals surface area contributed by atoms with Gasteiger partial charge in [-0.2, -0.15) is 0 Å². The molecule has 0 radical (unpaired) electrons. The average molecular weight is 445 g/mol. The van der Waals surface area contributed by atoms with Crippen LogP contribution < -0.4 is 5.32 Å². The first-order valence-electron chi connectivity index (χ1n) is 9.86. The zero-order valence-corrected chi connectivity index (χ0v) is 18.3. The van der Waals surface area contributed by atoms with Crippen molar-refractivity contribution in [3.63, 3.8) is 0 Å². The summed E-state index contributed by atoms with van der Waals surface area (Å²) in [6.45, 7) is 6.00. The number of rotatable bonds is 7. The summed E-state index contributed by atoms with van der Waals surface area (Å²) in [5.41, 5.74) is 3.64. The van der Waals surface area contributed by atoms with Gasteiger partial charge < -0.3 is 9.84 Å². The minimum Gasteiger partial charge on any atom is -0.357 e. The van der Waals surface area contributed by atoms with Crippen molar-refractivity contribution in [1.29, 1.82) is 0 Å². The number of halogens is 3. The fourth-order valence-corrected chi connectivity index (χ4v) is 3.47. The summed E-state index contributed by atoms with van der Waals surface area (Å²) in [6, 6.07) is 11.0. The lowest BCUT2D eigenvalue weighted by Gasteiger charge is -2.11. The number of hydrogen-bond donors (Lipinski definition) is 1. The Balaban J connectivity index is 1.63. The SMILES string of the molecule is C/C=C(/CCNC(=O)c1cc(C(F)c2cc(C)ccc2F)on1)c1cc(Cl)ccc1C. The molecule has 0 saturated carbocycles. The van der Waals surface area contributed by atoms with Crippen molar-refractivity contribution in [1.82, 2.24) is 10.5 Å². The number of allylic oxidation sites excluding steroid dienone is 1. The van der Waals surface area contributed by atoms with Gasteiger partial charge in [0.2, 0.25) is 0 Å². The quantitative estimate of drug-likeness (QED) is 0.461. The fraction of sp³-hybridized carbons (Fsp3) is 0.250. The molecule has 0 spiro atoms. The number of nitrogens with zero attached hydrogens (tertiary/aromatic N) is 1. The maximum Gasteiger partial charge on any atom is 0.273 e. The van der Waals surface area contributed by atoms with E-state index >= 15 is 0 Å². The molecular weight excluding hydrogens is 422 g/mol. The molecule has 0 bridgehead atoms. The highest BCUT2D eigenvalue weighted by molar-refractivity contribution is 6.30. The maximum atomic E-state index is 14.7. The van der Waals surface area contributed by atoms with Gasteiger partial charge in [0.15, 0.2) is 17.6 Å². The van der Waals surface area contributed by atoms with Crippen LogP contribution in [0.2, 0.25) is 5.02 Å². The lowest BCUT2D eigenvalue weighted by molar-refractivity contribution is 0.0945. The summed E-state index contributed by atoms with van der Waals surface area (Å²) in [4.78, 5) is 12.4. The van der Waals surface area contributed by atoms with Crippen molar-refractivity contribution >= 4 is 23.1 Å². The van der Waals surface area contributed by atoms with E-state index in [2.05, 4.69) is 10.5 Å². The minimum absolute atomic E-state index is 0.0633. The number of nitrogens with one attached hydrogen (secondary N) is 1. The normalized spacial score (nSPS) is 12.6. The second-order valence-corrected chi connectivity index (χ2v) is 7.72. The summed E-state index contributed by atoms with van der Waals surface area (Å²) in [6.07, 6.45) is 0.701. The Bertz CT molecular complexity index is 1120. The van der Waals surface area contributed by atoms with Crippen LogP contribution in [-0.4, -0.2) is 17.6 Å².